The lowest BCUT2D eigenvalue weighted by atomic mass is 10.2. The molecule has 1 aromatic heterocycles. The van der Waals surface area contributed by atoms with Gasteiger partial charge >= 0.3 is 0 Å². The Labute approximate surface area is 134 Å². The molecule has 0 saturated carbocycles. The van der Waals surface area contributed by atoms with Crippen LogP contribution in [0.1, 0.15) is 11.8 Å². The van der Waals surface area contributed by atoms with E-state index in [0.717, 1.165) is 35.2 Å². The van der Waals surface area contributed by atoms with Gasteiger partial charge in [0.1, 0.15) is 17.6 Å². The van der Waals surface area contributed by atoms with Crippen molar-refractivity contribution in [3.63, 3.8) is 0 Å². The van der Waals surface area contributed by atoms with E-state index in [0.29, 0.717) is 5.13 Å². The summed E-state index contributed by atoms with van der Waals surface area (Å²) in [6, 6.07) is 5.88. The monoisotopic (exact) mass is 327 g/mol. The molecule has 1 aliphatic heterocycles. The fourth-order valence-electron chi connectivity index (χ4n) is 2.37. The number of thiazole rings is 1. The normalized spacial score (nSPS) is 16.7. The topological polar surface area (TPSA) is 60.6 Å². The summed E-state index contributed by atoms with van der Waals surface area (Å²) in [4.78, 5) is 7.53. The predicted octanol–water partition coefficient (Wildman–Crippen LogP) is 2.94. The van der Waals surface area contributed by atoms with Crippen molar-refractivity contribution in [2.75, 3.05) is 24.3 Å². The number of rotatable bonds is 3. The van der Waals surface area contributed by atoms with Gasteiger partial charge in [-0.3, -0.25) is 0 Å². The summed E-state index contributed by atoms with van der Waals surface area (Å²) < 4.78 is 11.2. The molecule has 0 amide bonds. The number of hydrogen-bond donors (Lipinski definition) is 1. The molecule has 2 heterocycles. The van der Waals surface area contributed by atoms with Crippen molar-refractivity contribution in [1.29, 1.82) is 0 Å². The standard InChI is InChI=1S/C14H17N3O2S.ClH/c1-9-7-17(8-11-6-16-14(15)20-11)12-5-10(18-2)3-4-13(12)19-9;/h3-6,9H,7-8H2,1-2H3,(H2,15,16);1H. The highest BCUT2D eigenvalue weighted by Crippen LogP contribution is 2.37. The van der Waals surface area contributed by atoms with Crippen molar-refractivity contribution in [2.24, 2.45) is 0 Å². The van der Waals surface area contributed by atoms with Crippen LogP contribution in [0.5, 0.6) is 11.5 Å². The summed E-state index contributed by atoms with van der Waals surface area (Å²) in [6.07, 6.45) is 1.99. The summed E-state index contributed by atoms with van der Waals surface area (Å²) in [7, 11) is 1.67. The third-order valence-corrected chi connectivity index (χ3v) is 4.04. The van der Waals surface area contributed by atoms with E-state index < -0.39 is 0 Å². The van der Waals surface area contributed by atoms with E-state index in [1.54, 1.807) is 7.11 Å². The first-order valence-electron chi connectivity index (χ1n) is 6.45. The average molecular weight is 328 g/mol. The molecule has 0 radical (unpaired) electrons. The molecule has 7 heteroatoms. The van der Waals surface area contributed by atoms with Gasteiger partial charge in [-0.15, -0.1) is 23.7 Å². The highest BCUT2D eigenvalue weighted by atomic mass is 35.5. The Morgan fingerprint density at radius 2 is 2.33 bits per heavy atom. The lowest BCUT2D eigenvalue weighted by Crippen LogP contribution is -2.37. The number of anilines is 2. The summed E-state index contributed by atoms with van der Waals surface area (Å²) in [5, 5.41) is 0.604. The van der Waals surface area contributed by atoms with E-state index >= 15 is 0 Å². The van der Waals surface area contributed by atoms with Crippen molar-refractivity contribution in [3.8, 4) is 11.5 Å². The third-order valence-electron chi connectivity index (χ3n) is 3.23. The van der Waals surface area contributed by atoms with Crippen LogP contribution in [0, 0.1) is 0 Å². The van der Waals surface area contributed by atoms with Gasteiger partial charge in [-0.05, 0) is 19.1 Å². The Balaban J connectivity index is 0.00000161. The van der Waals surface area contributed by atoms with E-state index in [1.807, 2.05) is 24.4 Å². The number of hydrogen-bond acceptors (Lipinski definition) is 6. The number of fused-ring (bicyclic) bond motifs is 1. The Hall–Kier alpha value is -1.66. The second-order valence-corrected chi connectivity index (χ2v) is 5.95. The van der Waals surface area contributed by atoms with Crippen LogP contribution < -0.4 is 20.1 Å². The van der Waals surface area contributed by atoms with Crippen molar-refractivity contribution < 1.29 is 9.47 Å². The minimum atomic E-state index is 0. The Bertz CT molecular complexity index is 620. The molecule has 1 atom stereocenters. The molecule has 0 bridgehead atoms. The Morgan fingerprint density at radius 1 is 1.52 bits per heavy atom. The zero-order valence-corrected chi connectivity index (χ0v) is 13.5. The SMILES string of the molecule is COc1ccc2c(c1)N(Cc1cnc(N)s1)CC(C)O2.Cl. The van der Waals surface area contributed by atoms with Crippen LogP contribution in [0.15, 0.2) is 24.4 Å². The largest absolute Gasteiger partial charge is 0.497 e. The van der Waals surface area contributed by atoms with Crippen molar-refractivity contribution in [2.45, 2.75) is 19.6 Å². The number of halogens is 1. The van der Waals surface area contributed by atoms with Crippen molar-refractivity contribution in [1.82, 2.24) is 4.98 Å². The molecule has 0 fully saturated rings. The molecular weight excluding hydrogens is 310 g/mol. The minimum Gasteiger partial charge on any atom is -0.497 e. The van der Waals surface area contributed by atoms with E-state index in [1.165, 1.54) is 11.3 Å². The fraction of sp³-hybridized carbons (Fsp3) is 0.357. The molecule has 21 heavy (non-hydrogen) atoms. The molecule has 1 aromatic carbocycles. The van der Waals surface area contributed by atoms with Gasteiger partial charge in [0.2, 0.25) is 0 Å². The number of methoxy groups -OCH3 is 1. The fourth-order valence-corrected chi connectivity index (χ4v) is 3.07. The maximum absolute atomic E-state index is 5.87. The zero-order chi connectivity index (χ0) is 14.1. The smallest absolute Gasteiger partial charge is 0.180 e. The molecular formula is C14H18ClN3O2S. The van der Waals surface area contributed by atoms with Crippen molar-refractivity contribution >= 4 is 34.6 Å². The van der Waals surface area contributed by atoms with E-state index in [9.17, 15) is 0 Å². The molecule has 0 spiro atoms. The van der Waals surface area contributed by atoms with Gasteiger partial charge in [0, 0.05) is 17.1 Å². The van der Waals surface area contributed by atoms with Crippen LogP contribution in [0.25, 0.3) is 0 Å². The van der Waals surface area contributed by atoms with Gasteiger partial charge in [0.25, 0.3) is 0 Å². The van der Waals surface area contributed by atoms with E-state index in [4.69, 9.17) is 15.2 Å². The molecule has 0 aliphatic carbocycles. The van der Waals surface area contributed by atoms with Gasteiger partial charge in [-0.2, -0.15) is 0 Å². The highest BCUT2D eigenvalue weighted by molar-refractivity contribution is 7.15. The summed E-state index contributed by atoms with van der Waals surface area (Å²) in [6.45, 7) is 3.68. The number of nitrogen functional groups attached to an aromatic ring is 1. The first-order chi connectivity index (χ1) is 9.65. The second kappa shape index (κ2) is 6.41. The average Bonchev–Trinajstić information content (AvgIpc) is 2.83. The highest BCUT2D eigenvalue weighted by Gasteiger charge is 2.24. The predicted molar refractivity (Wildman–Crippen MR) is 87.9 cm³/mol. The summed E-state index contributed by atoms with van der Waals surface area (Å²) >= 11 is 1.52. The number of nitrogens with zero attached hydrogens (tertiary/aromatic N) is 2. The van der Waals surface area contributed by atoms with Crippen LogP contribution in [0.4, 0.5) is 10.8 Å². The first kappa shape index (κ1) is 15.7. The Kier molecular flexibility index (Phi) is 4.80. The minimum absolute atomic E-state index is 0. The van der Waals surface area contributed by atoms with Crippen LogP contribution in [0.3, 0.4) is 0 Å². The quantitative estimate of drug-likeness (QED) is 0.939. The number of aromatic nitrogens is 1. The summed E-state index contributed by atoms with van der Waals surface area (Å²) in [5.74, 6) is 1.72. The lowest BCUT2D eigenvalue weighted by molar-refractivity contribution is 0.211. The molecule has 0 saturated heterocycles. The molecule has 114 valence electrons. The van der Waals surface area contributed by atoms with Crippen LogP contribution >= 0.6 is 23.7 Å². The number of ether oxygens (including phenoxy) is 2. The molecule has 5 nitrogen and oxygen atoms in total. The summed E-state index contributed by atoms with van der Waals surface area (Å²) in [5.41, 5.74) is 6.75. The molecule has 2 N–H and O–H groups in total. The van der Waals surface area contributed by atoms with Gasteiger partial charge < -0.3 is 20.1 Å². The second-order valence-electron chi connectivity index (χ2n) is 4.81. The first-order valence-corrected chi connectivity index (χ1v) is 7.27. The molecule has 3 rings (SSSR count). The van der Waals surface area contributed by atoms with Crippen molar-refractivity contribution in [3.05, 3.63) is 29.3 Å². The number of nitrogens with two attached hydrogens (primary N) is 1. The maximum Gasteiger partial charge on any atom is 0.180 e. The molecule has 2 aromatic rings. The van der Waals surface area contributed by atoms with E-state index in [-0.39, 0.29) is 18.5 Å². The van der Waals surface area contributed by atoms with Gasteiger partial charge in [0.15, 0.2) is 5.13 Å². The van der Waals surface area contributed by atoms with E-state index in [2.05, 4.69) is 16.8 Å². The van der Waals surface area contributed by atoms with Gasteiger partial charge in [0.05, 0.1) is 25.9 Å². The lowest BCUT2D eigenvalue weighted by Gasteiger charge is -2.34. The molecule has 1 unspecified atom stereocenters. The molecule has 1 aliphatic rings. The van der Waals surface area contributed by atoms with Gasteiger partial charge in [-0.1, -0.05) is 0 Å². The Morgan fingerprint density at radius 3 is 3.00 bits per heavy atom. The third kappa shape index (κ3) is 3.33. The van der Waals surface area contributed by atoms with Gasteiger partial charge in [-0.25, -0.2) is 4.98 Å². The number of benzene rings is 1. The maximum atomic E-state index is 5.87. The van der Waals surface area contributed by atoms with Crippen LogP contribution in [-0.4, -0.2) is 24.7 Å². The van der Waals surface area contributed by atoms with Crippen LogP contribution in [0.2, 0.25) is 0 Å². The zero-order valence-electron chi connectivity index (χ0n) is 11.9. The van der Waals surface area contributed by atoms with Crippen LogP contribution in [-0.2, 0) is 6.54 Å².